The van der Waals surface area contributed by atoms with E-state index in [-0.39, 0.29) is 12.1 Å². The van der Waals surface area contributed by atoms with E-state index in [1.54, 1.807) is 0 Å². The summed E-state index contributed by atoms with van der Waals surface area (Å²) in [6, 6.07) is 8.53. The molecule has 2 nitrogen and oxygen atoms in total. The highest BCUT2D eigenvalue weighted by molar-refractivity contribution is 5.56. The van der Waals surface area contributed by atoms with Gasteiger partial charge in [-0.15, -0.1) is 0 Å². The average molecular weight is 219 g/mol. The molecule has 1 heterocycles. The lowest BCUT2D eigenvalue weighted by Gasteiger charge is -2.26. The zero-order valence-corrected chi connectivity index (χ0v) is 10.1. The molecule has 0 bridgehead atoms. The number of hydrogen-bond donors (Lipinski definition) is 2. The van der Waals surface area contributed by atoms with Crippen LogP contribution in [0.1, 0.15) is 32.3 Å². The number of fused-ring (bicyclic) bond motifs is 1. The zero-order valence-electron chi connectivity index (χ0n) is 10.1. The van der Waals surface area contributed by atoms with E-state index in [1.165, 1.54) is 11.3 Å². The summed E-state index contributed by atoms with van der Waals surface area (Å²) in [5, 5.41) is 13.8. The quantitative estimate of drug-likeness (QED) is 0.816. The Morgan fingerprint density at radius 2 is 2.00 bits per heavy atom. The number of hydrogen-bond acceptors (Lipinski definition) is 2. The van der Waals surface area contributed by atoms with Crippen LogP contribution in [0.3, 0.4) is 0 Å². The smallest absolute Gasteiger partial charge is 0.0772 e. The summed E-state index contributed by atoms with van der Waals surface area (Å²) in [6.45, 7) is 4.30. The maximum absolute atomic E-state index is 10.3. The topological polar surface area (TPSA) is 32.3 Å². The number of nitrogens with one attached hydrogen (secondary N) is 1. The molecule has 2 atom stereocenters. The SMILES string of the molecule is CCC(CC)C(O)C1Cc2ccccc2N1. The van der Waals surface area contributed by atoms with Crippen LogP contribution in [0.2, 0.25) is 0 Å². The average Bonchev–Trinajstić information content (AvgIpc) is 2.74. The van der Waals surface area contributed by atoms with Gasteiger partial charge in [-0.25, -0.2) is 0 Å². The monoisotopic (exact) mass is 219 g/mol. The molecule has 0 radical (unpaired) electrons. The van der Waals surface area contributed by atoms with E-state index in [1.807, 2.05) is 6.07 Å². The van der Waals surface area contributed by atoms with Gasteiger partial charge in [-0.1, -0.05) is 44.9 Å². The molecule has 0 aliphatic carbocycles. The summed E-state index contributed by atoms with van der Waals surface area (Å²) in [4.78, 5) is 0. The molecule has 88 valence electrons. The van der Waals surface area contributed by atoms with Crippen molar-refractivity contribution in [3.8, 4) is 0 Å². The Labute approximate surface area is 97.7 Å². The second-order valence-electron chi connectivity index (χ2n) is 4.68. The lowest BCUT2D eigenvalue weighted by atomic mass is 9.90. The Kier molecular flexibility index (Phi) is 3.49. The molecule has 1 aromatic rings. The van der Waals surface area contributed by atoms with Crippen molar-refractivity contribution in [2.24, 2.45) is 5.92 Å². The van der Waals surface area contributed by atoms with Crippen molar-refractivity contribution in [1.29, 1.82) is 0 Å². The van der Waals surface area contributed by atoms with Gasteiger partial charge in [0.05, 0.1) is 12.1 Å². The van der Waals surface area contributed by atoms with E-state index >= 15 is 0 Å². The van der Waals surface area contributed by atoms with Gasteiger partial charge in [0.15, 0.2) is 0 Å². The lowest BCUT2D eigenvalue weighted by Crippen LogP contribution is -2.37. The first-order valence-corrected chi connectivity index (χ1v) is 6.28. The van der Waals surface area contributed by atoms with E-state index in [0.717, 1.165) is 19.3 Å². The van der Waals surface area contributed by atoms with Crippen LogP contribution in [-0.4, -0.2) is 17.3 Å². The Morgan fingerprint density at radius 3 is 2.62 bits per heavy atom. The van der Waals surface area contributed by atoms with Gasteiger partial charge in [0, 0.05) is 5.69 Å². The molecule has 0 fully saturated rings. The standard InChI is InChI=1S/C14H21NO/c1-3-10(4-2)14(16)13-9-11-7-5-6-8-12(11)15-13/h5-8,10,13-16H,3-4,9H2,1-2H3. The summed E-state index contributed by atoms with van der Waals surface area (Å²) in [6.07, 6.45) is 2.81. The van der Waals surface area contributed by atoms with Crippen molar-refractivity contribution in [2.75, 3.05) is 5.32 Å². The van der Waals surface area contributed by atoms with Crippen molar-refractivity contribution >= 4 is 5.69 Å². The summed E-state index contributed by atoms with van der Waals surface area (Å²) in [5.74, 6) is 0.409. The van der Waals surface area contributed by atoms with Gasteiger partial charge in [-0.2, -0.15) is 0 Å². The number of aliphatic hydroxyl groups excluding tert-OH is 1. The van der Waals surface area contributed by atoms with Crippen LogP contribution < -0.4 is 5.32 Å². The molecular formula is C14H21NO. The summed E-state index contributed by atoms with van der Waals surface area (Å²) in [5.41, 5.74) is 2.52. The maximum Gasteiger partial charge on any atom is 0.0772 e. The third-order valence-electron chi connectivity index (χ3n) is 3.74. The molecule has 1 aliphatic rings. The maximum atomic E-state index is 10.3. The van der Waals surface area contributed by atoms with E-state index in [2.05, 4.69) is 37.4 Å². The Bertz CT molecular complexity index is 321. The van der Waals surface area contributed by atoms with Crippen molar-refractivity contribution < 1.29 is 5.11 Å². The molecule has 2 heteroatoms. The molecular weight excluding hydrogens is 198 g/mol. The van der Waals surface area contributed by atoms with Gasteiger partial charge in [-0.3, -0.25) is 0 Å². The molecule has 2 rings (SSSR count). The summed E-state index contributed by atoms with van der Waals surface area (Å²) in [7, 11) is 0. The molecule has 2 N–H and O–H groups in total. The van der Waals surface area contributed by atoms with E-state index in [0.29, 0.717) is 5.92 Å². The number of anilines is 1. The lowest BCUT2D eigenvalue weighted by molar-refractivity contribution is 0.0857. The largest absolute Gasteiger partial charge is 0.391 e. The summed E-state index contributed by atoms with van der Waals surface area (Å²) >= 11 is 0. The highest BCUT2D eigenvalue weighted by atomic mass is 16.3. The van der Waals surface area contributed by atoms with Gasteiger partial charge >= 0.3 is 0 Å². The van der Waals surface area contributed by atoms with E-state index in [4.69, 9.17) is 0 Å². The van der Waals surface area contributed by atoms with Crippen LogP contribution in [0.25, 0.3) is 0 Å². The molecule has 0 saturated carbocycles. The first-order valence-electron chi connectivity index (χ1n) is 6.28. The fraction of sp³-hybridized carbons (Fsp3) is 0.571. The van der Waals surface area contributed by atoms with Crippen LogP contribution in [0.4, 0.5) is 5.69 Å². The number of aliphatic hydroxyl groups is 1. The van der Waals surface area contributed by atoms with E-state index in [9.17, 15) is 5.11 Å². The number of benzene rings is 1. The Hall–Kier alpha value is -1.02. The second-order valence-corrected chi connectivity index (χ2v) is 4.68. The molecule has 16 heavy (non-hydrogen) atoms. The van der Waals surface area contributed by atoms with Gasteiger partial charge in [0.1, 0.15) is 0 Å². The van der Waals surface area contributed by atoms with Crippen LogP contribution in [-0.2, 0) is 6.42 Å². The van der Waals surface area contributed by atoms with Crippen LogP contribution >= 0.6 is 0 Å². The first-order chi connectivity index (χ1) is 7.76. The third kappa shape index (κ3) is 2.07. The molecule has 2 unspecified atom stereocenters. The van der Waals surface area contributed by atoms with Crippen LogP contribution in [0.5, 0.6) is 0 Å². The number of rotatable bonds is 4. The minimum absolute atomic E-state index is 0.197. The highest BCUT2D eigenvalue weighted by Crippen LogP contribution is 2.29. The Morgan fingerprint density at radius 1 is 1.31 bits per heavy atom. The normalized spacial score (nSPS) is 20.6. The minimum Gasteiger partial charge on any atom is -0.391 e. The molecule has 1 aromatic carbocycles. The predicted octanol–water partition coefficient (Wildman–Crippen LogP) is 2.82. The molecule has 0 spiro atoms. The van der Waals surface area contributed by atoms with Gasteiger partial charge < -0.3 is 10.4 Å². The van der Waals surface area contributed by atoms with Crippen LogP contribution in [0, 0.1) is 5.92 Å². The predicted molar refractivity (Wildman–Crippen MR) is 67.6 cm³/mol. The fourth-order valence-corrected chi connectivity index (χ4v) is 2.63. The van der Waals surface area contributed by atoms with Crippen LogP contribution in [0.15, 0.2) is 24.3 Å². The molecule has 0 saturated heterocycles. The number of para-hydroxylation sites is 1. The zero-order chi connectivity index (χ0) is 11.5. The fourth-order valence-electron chi connectivity index (χ4n) is 2.63. The molecule has 0 aromatic heterocycles. The Balaban J connectivity index is 2.05. The molecule has 1 aliphatic heterocycles. The van der Waals surface area contributed by atoms with Crippen molar-refractivity contribution in [1.82, 2.24) is 0 Å². The minimum atomic E-state index is -0.234. The third-order valence-corrected chi connectivity index (χ3v) is 3.74. The highest BCUT2D eigenvalue weighted by Gasteiger charge is 2.30. The van der Waals surface area contributed by atoms with Gasteiger partial charge in [0.25, 0.3) is 0 Å². The van der Waals surface area contributed by atoms with Crippen molar-refractivity contribution in [3.63, 3.8) is 0 Å². The summed E-state index contributed by atoms with van der Waals surface area (Å²) < 4.78 is 0. The first kappa shape index (κ1) is 11.5. The second kappa shape index (κ2) is 4.88. The van der Waals surface area contributed by atoms with E-state index < -0.39 is 0 Å². The van der Waals surface area contributed by atoms with Crippen molar-refractivity contribution in [3.05, 3.63) is 29.8 Å². The van der Waals surface area contributed by atoms with Gasteiger partial charge in [0.2, 0.25) is 0 Å². The van der Waals surface area contributed by atoms with Gasteiger partial charge in [-0.05, 0) is 24.0 Å². The van der Waals surface area contributed by atoms with Crippen molar-refractivity contribution in [2.45, 2.75) is 45.3 Å². The molecule has 0 amide bonds.